The molecule has 0 aromatic heterocycles. The summed E-state index contributed by atoms with van der Waals surface area (Å²) in [6.45, 7) is 6.56. The van der Waals surface area contributed by atoms with Gasteiger partial charge >= 0.3 is 0 Å². The zero-order chi connectivity index (χ0) is 19.7. The molecule has 0 spiro atoms. The molecule has 3 heterocycles. The van der Waals surface area contributed by atoms with Gasteiger partial charge in [0.2, 0.25) is 11.8 Å². The van der Waals surface area contributed by atoms with E-state index in [1.54, 1.807) is 4.90 Å². The van der Waals surface area contributed by atoms with Crippen LogP contribution in [0.1, 0.15) is 54.1 Å². The van der Waals surface area contributed by atoms with Gasteiger partial charge in [-0.1, -0.05) is 19.1 Å². The first-order chi connectivity index (χ1) is 13.6. The van der Waals surface area contributed by atoms with Crippen molar-refractivity contribution in [3.63, 3.8) is 0 Å². The topological polar surface area (TPSA) is 81.8 Å². The SMILES string of the molecule is CCN(Cc1ccc2c(c1)C(=O)N(C1CCC(=O)NC1=O)C2)C1CCNCC1. The van der Waals surface area contributed by atoms with Gasteiger partial charge in [-0.25, -0.2) is 0 Å². The van der Waals surface area contributed by atoms with Crippen molar-refractivity contribution >= 4 is 17.7 Å². The fourth-order valence-electron chi connectivity index (χ4n) is 4.61. The maximum atomic E-state index is 13.0. The summed E-state index contributed by atoms with van der Waals surface area (Å²) in [6.07, 6.45) is 2.99. The molecule has 2 N–H and O–H groups in total. The maximum absolute atomic E-state index is 13.0. The minimum atomic E-state index is -0.553. The number of piperidine rings is 2. The Morgan fingerprint density at radius 3 is 2.64 bits per heavy atom. The lowest BCUT2D eigenvalue weighted by atomic mass is 10.0. The molecule has 4 rings (SSSR count). The summed E-state index contributed by atoms with van der Waals surface area (Å²) < 4.78 is 0. The highest BCUT2D eigenvalue weighted by Crippen LogP contribution is 2.29. The van der Waals surface area contributed by atoms with E-state index in [4.69, 9.17) is 0 Å². The molecule has 1 atom stereocenters. The van der Waals surface area contributed by atoms with E-state index in [1.807, 2.05) is 12.1 Å². The number of hydrogen-bond donors (Lipinski definition) is 2. The van der Waals surface area contributed by atoms with Gasteiger partial charge in [-0.3, -0.25) is 24.6 Å². The molecular formula is C21H28N4O3. The highest BCUT2D eigenvalue weighted by atomic mass is 16.2. The van der Waals surface area contributed by atoms with E-state index in [2.05, 4.69) is 28.5 Å². The van der Waals surface area contributed by atoms with Crippen molar-refractivity contribution in [3.05, 3.63) is 34.9 Å². The van der Waals surface area contributed by atoms with Crippen LogP contribution in [0.15, 0.2) is 18.2 Å². The molecule has 0 aliphatic carbocycles. The van der Waals surface area contributed by atoms with E-state index in [0.717, 1.165) is 50.1 Å². The summed E-state index contributed by atoms with van der Waals surface area (Å²) in [5.41, 5.74) is 2.80. The maximum Gasteiger partial charge on any atom is 0.255 e. The van der Waals surface area contributed by atoms with Crippen molar-refractivity contribution < 1.29 is 14.4 Å². The number of carbonyl (C=O) groups is 3. The van der Waals surface area contributed by atoms with Gasteiger partial charge in [-0.2, -0.15) is 0 Å². The summed E-state index contributed by atoms with van der Waals surface area (Å²) in [6, 6.07) is 6.14. The Bertz CT molecular complexity index is 788. The van der Waals surface area contributed by atoms with Crippen molar-refractivity contribution in [2.75, 3.05) is 19.6 Å². The van der Waals surface area contributed by atoms with Gasteiger partial charge in [0, 0.05) is 31.1 Å². The smallest absolute Gasteiger partial charge is 0.255 e. The average Bonchev–Trinajstić information content (AvgIpc) is 3.03. The first-order valence-electron chi connectivity index (χ1n) is 10.3. The molecule has 28 heavy (non-hydrogen) atoms. The summed E-state index contributed by atoms with van der Waals surface area (Å²) in [5.74, 6) is -0.720. The Hall–Kier alpha value is -2.25. The molecule has 3 aliphatic rings. The molecule has 150 valence electrons. The van der Waals surface area contributed by atoms with Gasteiger partial charge in [-0.15, -0.1) is 0 Å². The van der Waals surface area contributed by atoms with Crippen molar-refractivity contribution in [3.8, 4) is 0 Å². The van der Waals surface area contributed by atoms with Crippen molar-refractivity contribution in [2.24, 2.45) is 0 Å². The summed E-state index contributed by atoms with van der Waals surface area (Å²) in [4.78, 5) is 40.6. The van der Waals surface area contributed by atoms with Gasteiger partial charge < -0.3 is 10.2 Å². The summed E-state index contributed by atoms with van der Waals surface area (Å²) in [7, 11) is 0. The fourth-order valence-corrected chi connectivity index (χ4v) is 4.61. The van der Waals surface area contributed by atoms with E-state index < -0.39 is 6.04 Å². The zero-order valence-corrected chi connectivity index (χ0v) is 16.4. The molecular weight excluding hydrogens is 356 g/mol. The number of imide groups is 1. The number of nitrogens with one attached hydrogen (secondary N) is 2. The number of benzene rings is 1. The van der Waals surface area contributed by atoms with Gasteiger partial charge in [0.05, 0.1) is 0 Å². The third-order valence-corrected chi connectivity index (χ3v) is 6.21. The Morgan fingerprint density at radius 2 is 1.93 bits per heavy atom. The highest BCUT2D eigenvalue weighted by molar-refractivity contribution is 6.05. The molecule has 0 radical (unpaired) electrons. The van der Waals surface area contributed by atoms with Gasteiger partial charge in [0.25, 0.3) is 5.91 Å². The third kappa shape index (κ3) is 3.69. The number of carbonyl (C=O) groups excluding carboxylic acids is 3. The first kappa shape index (κ1) is 19.1. The second-order valence-corrected chi connectivity index (χ2v) is 7.94. The van der Waals surface area contributed by atoms with Gasteiger partial charge in [-0.05, 0) is 56.1 Å². The number of hydrogen-bond acceptors (Lipinski definition) is 5. The molecule has 1 aromatic carbocycles. The monoisotopic (exact) mass is 384 g/mol. The standard InChI is InChI=1S/C21H28N4O3/c1-2-24(16-7-9-22-10-8-16)12-14-3-4-15-13-25(21(28)17(15)11-14)18-5-6-19(26)23-20(18)27/h3-4,11,16,18,22H,2,5-10,12-13H2,1H3,(H,23,26,27). The largest absolute Gasteiger partial charge is 0.322 e. The Balaban J connectivity index is 1.48. The van der Waals surface area contributed by atoms with Crippen LogP contribution in [0, 0.1) is 0 Å². The number of amides is 3. The van der Waals surface area contributed by atoms with E-state index in [0.29, 0.717) is 24.6 Å². The molecule has 1 unspecified atom stereocenters. The Morgan fingerprint density at radius 1 is 1.14 bits per heavy atom. The number of nitrogens with zero attached hydrogens (tertiary/aromatic N) is 2. The molecule has 1 aromatic rings. The van der Waals surface area contributed by atoms with Crippen LogP contribution in [0.2, 0.25) is 0 Å². The van der Waals surface area contributed by atoms with Crippen LogP contribution in [-0.2, 0) is 22.7 Å². The predicted octanol–water partition coefficient (Wildman–Crippen LogP) is 1.02. The lowest BCUT2D eigenvalue weighted by Crippen LogP contribution is -2.52. The van der Waals surface area contributed by atoms with Crippen LogP contribution in [0.5, 0.6) is 0 Å². The number of fused-ring (bicyclic) bond motifs is 1. The molecule has 2 fully saturated rings. The van der Waals surface area contributed by atoms with E-state index in [-0.39, 0.29) is 24.1 Å². The van der Waals surface area contributed by atoms with Crippen LogP contribution >= 0.6 is 0 Å². The van der Waals surface area contributed by atoms with Crippen LogP contribution in [0.4, 0.5) is 0 Å². The molecule has 7 nitrogen and oxygen atoms in total. The highest BCUT2D eigenvalue weighted by Gasteiger charge is 2.39. The van der Waals surface area contributed by atoms with Crippen molar-refractivity contribution in [1.29, 1.82) is 0 Å². The first-order valence-corrected chi connectivity index (χ1v) is 10.3. The van der Waals surface area contributed by atoms with Crippen LogP contribution in [0.3, 0.4) is 0 Å². The second-order valence-electron chi connectivity index (χ2n) is 7.94. The van der Waals surface area contributed by atoms with Gasteiger partial charge in [0.15, 0.2) is 0 Å². The minimum Gasteiger partial charge on any atom is -0.322 e. The van der Waals surface area contributed by atoms with E-state index in [1.165, 1.54) is 0 Å². The molecule has 7 heteroatoms. The van der Waals surface area contributed by atoms with Crippen LogP contribution < -0.4 is 10.6 Å². The molecule has 2 saturated heterocycles. The Kier molecular flexibility index (Phi) is 5.46. The molecule has 3 aliphatic heterocycles. The summed E-state index contributed by atoms with van der Waals surface area (Å²) in [5, 5.41) is 5.76. The van der Waals surface area contributed by atoms with Gasteiger partial charge in [0.1, 0.15) is 6.04 Å². The van der Waals surface area contributed by atoms with Crippen LogP contribution in [-0.4, -0.2) is 59.2 Å². The van der Waals surface area contributed by atoms with E-state index >= 15 is 0 Å². The van der Waals surface area contributed by atoms with Crippen molar-refractivity contribution in [1.82, 2.24) is 20.4 Å². The quantitative estimate of drug-likeness (QED) is 0.741. The Labute approximate surface area is 165 Å². The normalized spacial score (nSPS) is 23.3. The molecule has 3 amide bonds. The van der Waals surface area contributed by atoms with Crippen LogP contribution in [0.25, 0.3) is 0 Å². The second kappa shape index (κ2) is 8.01. The minimum absolute atomic E-state index is 0.101. The third-order valence-electron chi connectivity index (χ3n) is 6.21. The van der Waals surface area contributed by atoms with Crippen molar-refractivity contribution in [2.45, 2.75) is 57.8 Å². The molecule has 0 bridgehead atoms. The average molecular weight is 384 g/mol. The zero-order valence-electron chi connectivity index (χ0n) is 16.4. The lowest BCUT2D eigenvalue weighted by Gasteiger charge is -2.34. The fraction of sp³-hybridized carbons (Fsp3) is 0.571. The summed E-state index contributed by atoms with van der Waals surface area (Å²) >= 11 is 0. The predicted molar refractivity (Wildman–Crippen MR) is 104 cm³/mol. The lowest BCUT2D eigenvalue weighted by molar-refractivity contribution is -0.136. The number of rotatable bonds is 5. The van der Waals surface area contributed by atoms with E-state index in [9.17, 15) is 14.4 Å². The molecule has 0 saturated carbocycles.